The Morgan fingerprint density at radius 1 is 1.08 bits per heavy atom. The number of rotatable bonds is 5. The van der Waals surface area contributed by atoms with E-state index >= 15 is 0 Å². The first kappa shape index (κ1) is 10.9. The first-order valence-corrected chi connectivity index (χ1v) is 4.00. The fraction of sp³-hybridized carbons (Fsp3) is 0.750. The Morgan fingerprint density at radius 2 is 1.42 bits per heavy atom. The van der Waals surface area contributed by atoms with Gasteiger partial charge in [0.25, 0.3) is 0 Å². The maximum atomic E-state index is 10.6. The molecule has 0 unspecified atom stereocenters. The number of primary amides is 2. The monoisotopic (exact) mass is 172 g/mol. The third-order valence-electron chi connectivity index (χ3n) is 1.87. The topological polar surface area (TPSA) is 86.2 Å². The van der Waals surface area contributed by atoms with Gasteiger partial charge in [-0.3, -0.25) is 9.59 Å². The molecule has 0 aliphatic carbocycles. The minimum Gasteiger partial charge on any atom is -0.370 e. The van der Waals surface area contributed by atoms with Crippen molar-refractivity contribution in [3.63, 3.8) is 0 Å². The van der Waals surface area contributed by atoms with E-state index in [0.717, 1.165) is 0 Å². The third-order valence-corrected chi connectivity index (χ3v) is 1.87. The van der Waals surface area contributed by atoms with Gasteiger partial charge in [-0.2, -0.15) is 0 Å². The molecule has 70 valence electrons. The zero-order chi connectivity index (χ0) is 9.72. The summed E-state index contributed by atoms with van der Waals surface area (Å²) in [5.74, 6) is -0.519. The average molecular weight is 172 g/mol. The Kier molecular flexibility index (Phi) is 4.33. The molecule has 0 aliphatic heterocycles. The van der Waals surface area contributed by atoms with Gasteiger partial charge in [0, 0.05) is 12.8 Å². The fourth-order valence-corrected chi connectivity index (χ4v) is 1.06. The van der Waals surface area contributed by atoms with E-state index in [4.69, 9.17) is 11.5 Å². The van der Waals surface area contributed by atoms with Crippen molar-refractivity contribution in [1.82, 2.24) is 0 Å². The van der Waals surface area contributed by atoms with Gasteiger partial charge >= 0.3 is 0 Å². The maximum absolute atomic E-state index is 10.6. The molecule has 0 bridgehead atoms. The average Bonchev–Trinajstić information content (AvgIpc) is 1.83. The number of hydrogen-bond acceptors (Lipinski definition) is 2. The number of carbonyl (C=O) groups is 2. The molecule has 12 heavy (non-hydrogen) atoms. The first-order chi connectivity index (χ1) is 5.43. The standard InChI is InChI=1S/C8H16N2O2/c1-5(2)6(3-7(9)11)4-8(10)12/h5-6H,3-4H2,1-2H3,(H2,9,11)(H2,10,12). The van der Waals surface area contributed by atoms with Gasteiger partial charge in [0.1, 0.15) is 0 Å². The highest BCUT2D eigenvalue weighted by atomic mass is 16.1. The van der Waals surface area contributed by atoms with E-state index in [9.17, 15) is 9.59 Å². The Morgan fingerprint density at radius 3 is 1.58 bits per heavy atom. The Bertz CT molecular complexity index is 162. The second-order valence-corrected chi connectivity index (χ2v) is 3.34. The highest BCUT2D eigenvalue weighted by Gasteiger charge is 2.17. The summed E-state index contributed by atoms with van der Waals surface area (Å²) in [6, 6.07) is 0. The highest BCUT2D eigenvalue weighted by Crippen LogP contribution is 2.18. The minimum absolute atomic E-state index is 0.0139. The molecule has 0 aromatic rings. The van der Waals surface area contributed by atoms with E-state index < -0.39 is 0 Å². The summed E-state index contributed by atoms with van der Waals surface area (Å²) in [5.41, 5.74) is 10.0. The largest absolute Gasteiger partial charge is 0.370 e. The third kappa shape index (κ3) is 4.71. The molecule has 0 rings (SSSR count). The molecule has 0 fully saturated rings. The van der Waals surface area contributed by atoms with Crippen molar-refractivity contribution in [2.75, 3.05) is 0 Å². The van der Waals surface area contributed by atoms with Crippen molar-refractivity contribution in [3.8, 4) is 0 Å². The molecule has 0 saturated carbocycles. The van der Waals surface area contributed by atoms with Gasteiger partial charge in [0.2, 0.25) is 11.8 Å². The molecule has 2 amide bonds. The van der Waals surface area contributed by atoms with Gasteiger partial charge in [0.05, 0.1) is 0 Å². The van der Waals surface area contributed by atoms with Gasteiger partial charge in [-0.1, -0.05) is 13.8 Å². The second-order valence-electron chi connectivity index (χ2n) is 3.34. The fourth-order valence-electron chi connectivity index (χ4n) is 1.06. The summed E-state index contributed by atoms with van der Waals surface area (Å²) in [5, 5.41) is 0. The lowest BCUT2D eigenvalue weighted by atomic mass is 9.89. The quantitative estimate of drug-likeness (QED) is 0.612. The Labute approximate surface area is 72.3 Å². The number of hydrogen-bond donors (Lipinski definition) is 2. The van der Waals surface area contributed by atoms with E-state index in [1.54, 1.807) is 0 Å². The molecule has 4 N–H and O–H groups in total. The molecule has 0 radical (unpaired) electrons. The molecule has 0 aromatic carbocycles. The van der Waals surface area contributed by atoms with Gasteiger partial charge < -0.3 is 11.5 Å². The SMILES string of the molecule is CC(C)C(CC(N)=O)CC(N)=O. The van der Waals surface area contributed by atoms with E-state index in [2.05, 4.69) is 0 Å². The summed E-state index contributed by atoms with van der Waals surface area (Å²) >= 11 is 0. The predicted molar refractivity (Wildman–Crippen MR) is 46.0 cm³/mol. The summed E-state index contributed by atoms with van der Waals surface area (Å²) in [4.78, 5) is 21.1. The van der Waals surface area contributed by atoms with Crippen LogP contribution in [-0.4, -0.2) is 11.8 Å². The van der Waals surface area contributed by atoms with Crippen molar-refractivity contribution < 1.29 is 9.59 Å². The van der Waals surface area contributed by atoms with Crippen molar-refractivity contribution in [2.24, 2.45) is 23.3 Å². The number of nitrogens with two attached hydrogens (primary N) is 2. The van der Waals surface area contributed by atoms with Crippen LogP contribution in [0.2, 0.25) is 0 Å². The normalized spacial score (nSPS) is 10.7. The van der Waals surface area contributed by atoms with Crippen LogP contribution < -0.4 is 11.5 Å². The van der Waals surface area contributed by atoms with Gasteiger partial charge in [-0.05, 0) is 11.8 Å². The van der Waals surface area contributed by atoms with Crippen LogP contribution >= 0.6 is 0 Å². The lowest BCUT2D eigenvalue weighted by Gasteiger charge is -2.16. The summed E-state index contributed by atoms with van der Waals surface area (Å²) in [7, 11) is 0. The maximum Gasteiger partial charge on any atom is 0.217 e. The lowest BCUT2D eigenvalue weighted by Crippen LogP contribution is -2.25. The van der Waals surface area contributed by atoms with Gasteiger partial charge in [-0.25, -0.2) is 0 Å². The number of carbonyl (C=O) groups excluding carboxylic acids is 2. The Hall–Kier alpha value is -1.06. The van der Waals surface area contributed by atoms with E-state index in [1.807, 2.05) is 13.8 Å². The Balaban J connectivity index is 4.04. The van der Waals surface area contributed by atoms with E-state index in [-0.39, 0.29) is 36.5 Å². The van der Waals surface area contributed by atoms with Gasteiger partial charge in [-0.15, -0.1) is 0 Å². The molecule has 0 aliphatic rings. The van der Waals surface area contributed by atoms with Crippen LogP contribution in [0.15, 0.2) is 0 Å². The molecule has 0 saturated heterocycles. The van der Waals surface area contributed by atoms with Crippen LogP contribution in [-0.2, 0) is 9.59 Å². The lowest BCUT2D eigenvalue weighted by molar-refractivity contribution is -0.121. The zero-order valence-electron chi connectivity index (χ0n) is 7.54. The predicted octanol–water partition coefficient (Wildman–Crippen LogP) is 0.00940. The first-order valence-electron chi connectivity index (χ1n) is 4.00. The van der Waals surface area contributed by atoms with Gasteiger partial charge in [0.15, 0.2) is 0 Å². The molecular weight excluding hydrogens is 156 g/mol. The highest BCUT2D eigenvalue weighted by molar-refractivity contribution is 5.77. The second kappa shape index (κ2) is 4.74. The molecule has 0 aromatic heterocycles. The van der Waals surface area contributed by atoms with Crippen LogP contribution in [0.1, 0.15) is 26.7 Å². The van der Waals surface area contributed by atoms with Crippen LogP contribution in [0, 0.1) is 11.8 Å². The van der Waals surface area contributed by atoms with E-state index in [0.29, 0.717) is 0 Å². The summed E-state index contributed by atoms with van der Waals surface area (Å²) in [6.45, 7) is 3.88. The van der Waals surface area contributed by atoms with Crippen LogP contribution in [0.5, 0.6) is 0 Å². The molecule has 4 heteroatoms. The van der Waals surface area contributed by atoms with E-state index in [1.165, 1.54) is 0 Å². The van der Waals surface area contributed by atoms with Crippen LogP contribution in [0.3, 0.4) is 0 Å². The zero-order valence-corrected chi connectivity index (χ0v) is 7.54. The number of amides is 2. The molecule has 4 nitrogen and oxygen atoms in total. The molecule has 0 spiro atoms. The van der Waals surface area contributed by atoms with Crippen molar-refractivity contribution >= 4 is 11.8 Å². The molecule has 0 atom stereocenters. The summed E-state index contributed by atoms with van der Waals surface area (Å²) in [6.07, 6.45) is 0.473. The smallest absolute Gasteiger partial charge is 0.217 e. The molecular formula is C8H16N2O2. The summed E-state index contributed by atoms with van der Waals surface area (Å²) < 4.78 is 0. The van der Waals surface area contributed by atoms with Crippen molar-refractivity contribution in [2.45, 2.75) is 26.7 Å². The minimum atomic E-state index is -0.380. The molecule has 0 heterocycles. The van der Waals surface area contributed by atoms with Crippen molar-refractivity contribution in [3.05, 3.63) is 0 Å². The van der Waals surface area contributed by atoms with Crippen LogP contribution in [0.25, 0.3) is 0 Å². The van der Waals surface area contributed by atoms with Crippen LogP contribution in [0.4, 0.5) is 0 Å². The van der Waals surface area contributed by atoms with Crippen molar-refractivity contribution in [1.29, 1.82) is 0 Å².